The summed E-state index contributed by atoms with van der Waals surface area (Å²) in [6.07, 6.45) is 6.41. The standard InChI is InChI=1S/C52H36OS/c1-4-17-35-34(5-2)48(37-21-10-9-20-36(37)47(35)33-18-7-6-8-19-33)42-26-15-28-44-51(42)52-43(27-16-29-45(52)53-44)49-38-22-11-13-24-40(38)50(46-31-30-32(3)54-46)41-25-14-12-23-39(41)49/h4-31H,2H2,1,3H3/b17-4-. The zero-order valence-corrected chi connectivity index (χ0v) is 31.0. The number of fused-ring (bicyclic) bond motifs is 6. The number of allylic oxidation sites excluding steroid dienone is 1. The summed E-state index contributed by atoms with van der Waals surface area (Å²) < 4.78 is 6.81. The topological polar surface area (TPSA) is 13.1 Å². The van der Waals surface area contributed by atoms with Gasteiger partial charge in [0, 0.05) is 26.1 Å². The first-order valence-corrected chi connectivity index (χ1v) is 19.3. The van der Waals surface area contributed by atoms with Crippen LogP contribution in [-0.4, -0.2) is 0 Å². The fourth-order valence-electron chi connectivity index (χ4n) is 8.77. The molecule has 0 fully saturated rings. The molecule has 0 amide bonds. The van der Waals surface area contributed by atoms with E-state index in [9.17, 15) is 0 Å². The number of hydrogen-bond acceptors (Lipinski definition) is 2. The zero-order valence-electron chi connectivity index (χ0n) is 30.2. The van der Waals surface area contributed by atoms with Crippen molar-refractivity contribution >= 4 is 77.7 Å². The second kappa shape index (κ2) is 12.9. The molecule has 256 valence electrons. The number of benzene rings is 8. The molecule has 0 aliphatic heterocycles. The Balaban J connectivity index is 1.36. The lowest BCUT2D eigenvalue weighted by Crippen LogP contribution is -1.96. The SMILES string of the molecule is C=Cc1c(/C=C\C)c(-c2ccccc2)c2ccccc2c1-c1cccc2oc3cccc(-c4c5ccccc5c(-c5ccc(C)s5)c5ccccc45)c3c12. The first-order valence-electron chi connectivity index (χ1n) is 18.5. The highest BCUT2D eigenvalue weighted by Gasteiger charge is 2.25. The van der Waals surface area contributed by atoms with E-state index in [4.69, 9.17) is 4.42 Å². The van der Waals surface area contributed by atoms with Gasteiger partial charge < -0.3 is 4.42 Å². The monoisotopic (exact) mass is 708 g/mol. The molecule has 0 aliphatic rings. The van der Waals surface area contributed by atoms with Crippen LogP contribution in [0.1, 0.15) is 22.9 Å². The molecule has 1 nitrogen and oxygen atoms in total. The Hall–Kier alpha value is -6.48. The van der Waals surface area contributed by atoms with Crippen molar-refractivity contribution in [3.05, 3.63) is 180 Å². The summed E-state index contributed by atoms with van der Waals surface area (Å²) in [5.41, 5.74) is 12.4. The van der Waals surface area contributed by atoms with Crippen molar-refractivity contribution in [1.82, 2.24) is 0 Å². The maximum absolute atomic E-state index is 6.81. The van der Waals surface area contributed by atoms with Gasteiger partial charge in [-0.2, -0.15) is 0 Å². The molecule has 0 atom stereocenters. The van der Waals surface area contributed by atoms with Crippen LogP contribution in [0.5, 0.6) is 0 Å². The predicted molar refractivity (Wildman–Crippen MR) is 235 cm³/mol. The van der Waals surface area contributed by atoms with E-state index in [-0.39, 0.29) is 0 Å². The minimum absolute atomic E-state index is 0.869. The lowest BCUT2D eigenvalue weighted by Gasteiger charge is -2.21. The van der Waals surface area contributed by atoms with Crippen LogP contribution >= 0.6 is 11.3 Å². The van der Waals surface area contributed by atoms with E-state index in [2.05, 4.69) is 184 Å². The molecule has 2 aromatic heterocycles. The summed E-state index contributed by atoms with van der Waals surface area (Å²) >= 11 is 1.86. The molecule has 10 aromatic rings. The Bertz CT molecular complexity index is 3080. The number of furan rings is 1. The largest absolute Gasteiger partial charge is 0.456 e. The van der Waals surface area contributed by atoms with Gasteiger partial charge in [0.2, 0.25) is 0 Å². The predicted octanol–water partition coefficient (Wildman–Crippen LogP) is 15.8. The molecule has 0 spiro atoms. The van der Waals surface area contributed by atoms with Crippen molar-refractivity contribution in [2.45, 2.75) is 13.8 Å². The van der Waals surface area contributed by atoms with Gasteiger partial charge >= 0.3 is 0 Å². The van der Waals surface area contributed by atoms with Crippen LogP contribution in [0, 0.1) is 6.92 Å². The molecule has 0 N–H and O–H groups in total. The van der Waals surface area contributed by atoms with Gasteiger partial charge in [0.15, 0.2) is 0 Å². The van der Waals surface area contributed by atoms with Gasteiger partial charge in [-0.3, -0.25) is 0 Å². The van der Waals surface area contributed by atoms with E-state index >= 15 is 0 Å². The smallest absolute Gasteiger partial charge is 0.136 e. The van der Waals surface area contributed by atoms with Gasteiger partial charge in [-0.15, -0.1) is 11.3 Å². The minimum atomic E-state index is 0.869. The van der Waals surface area contributed by atoms with Crippen LogP contribution in [0.4, 0.5) is 0 Å². The van der Waals surface area contributed by atoms with Gasteiger partial charge in [-0.25, -0.2) is 0 Å². The first-order chi connectivity index (χ1) is 26.7. The molecular weight excluding hydrogens is 673 g/mol. The van der Waals surface area contributed by atoms with Crippen LogP contribution in [-0.2, 0) is 0 Å². The Morgan fingerprint density at radius 1 is 0.481 bits per heavy atom. The summed E-state index contributed by atoms with van der Waals surface area (Å²) in [7, 11) is 0. The second-order valence-electron chi connectivity index (χ2n) is 13.9. The van der Waals surface area contributed by atoms with Crippen molar-refractivity contribution < 1.29 is 4.42 Å². The van der Waals surface area contributed by atoms with Gasteiger partial charge in [0.05, 0.1) is 0 Å². The second-order valence-corrected chi connectivity index (χ2v) is 15.2. The highest BCUT2D eigenvalue weighted by atomic mass is 32.1. The molecule has 0 unspecified atom stereocenters. The summed E-state index contributed by atoms with van der Waals surface area (Å²) in [6, 6.07) is 54.9. The molecule has 0 aliphatic carbocycles. The van der Waals surface area contributed by atoms with Crippen LogP contribution in [0.2, 0.25) is 0 Å². The molecule has 0 bridgehead atoms. The molecular formula is C52H36OS. The van der Waals surface area contributed by atoms with Crippen molar-refractivity contribution in [1.29, 1.82) is 0 Å². The van der Waals surface area contributed by atoms with Gasteiger partial charge in [0.1, 0.15) is 11.2 Å². The maximum Gasteiger partial charge on any atom is 0.136 e. The Morgan fingerprint density at radius 2 is 0.981 bits per heavy atom. The fourth-order valence-corrected chi connectivity index (χ4v) is 9.71. The quantitative estimate of drug-likeness (QED) is 0.157. The average Bonchev–Trinajstić information content (AvgIpc) is 3.83. The van der Waals surface area contributed by atoms with E-state index in [1.807, 2.05) is 17.4 Å². The normalized spacial score (nSPS) is 11.9. The van der Waals surface area contributed by atoms with Crippen molar-refractivity contribution in [3.63, 3.8) is 0 Å². The van der Waals surface area contributed by atoms with E-state index in [1.54, 1.807) is 0 Å². The number of hydrogen-bond donors (Lipinski definition) is 0. The summed E-state index contributed by atoms with van der Waals surface area (Å²) in [5, 5.41) is 9.60. The highest BCUT2D eigenvalue weighted by Crippen LogP contribution is 2.51. The van der Waals surface area contributed by atoms with Crippen LogP contribution in [0.15, 0.2) is 169 Å². The molecule has 2 heteroatoms. The van der Waals surface area contributed by atoms with E-state index in [1.165, 1.54) is 69.9 Å². The van der Waals surface area contributed by atoms with E-state index < -0.39 is 0 Å². The summed E-state index contributed by atoms with van der Waals surface area (Å²) in [5.74, 6) is 0. The molecule has 0 saturated heterocycles. The average molecular weight is 709 g/mol. The van der Waals surface area contributed by atoms with Gasteiger partial charge in [-0.1, -0.05) is 152 Å². The van der Waals surface area contributed by atoms with Crippen molar-refractivity contribution in [2.75, 3.05) is 0 Å². The third-order valence-electron chi connectivity index (χ3n) is 10.9. The Labute approximate surface area is 318 Å². The number of thiophene rings is 1. The molecule has 0 saturated carbocycles. The maximum atomic E-state index is 6.81. The van der Waals surface area contributed by atoms with Crippen molar-refractivity contribution in [3.8, 4) is 43.8 Å². The van der Waals surface area contributed by atoms with E-state index in [0.29, 0.717) is 0 Å². The molecule has 54 heavy (non-hydrogen) atoms. The van der Waals surface area contributed by atoms with Crippen LogP contribution < -0.4 is 0 Å². The Morgan fingerprint density at radius 3 is 1.50 bits per heavy atom. The Kier molecular flexibility index (Phi) is 7.68. The third-order valence-corrected chi connectivity index (χ3v) is 11.9. The fraction of sp³-hybridized carbons (Fsp3) is 0.0385. The summed E-state index contributed by atoms with van der Waals surface area (Å²) in [4.78, 5) is 2.60. The number of aryl methyl sites for hydroxylation is 1. The number of rotatable bonds is 6. The van der Waals surface area contributed by atoms with Crippen molar-refractivity contribution in [2.24, 2.45) is 0 Å². The molecule has 0 radical (unpaired) electrons. The van der Waals surface area contributed by atoms with Gasteiger partial charge in [-0.05, 0) is 115 Å². The van der Waals surface area contributed by atoms with Gasteiger partial charge in [0.25, 0.3) is 0 Å². The lowest BCUT2D eigenvalue weighted by molar-refractivity contribution is 0.669. The third kappa shape index (κ3) is 4.84. The van der Waals surface area contributed by atoms with Crippen LogP contribution in [0.3, 0.4) is 0 Å². The van der Waals surface area contributed by atoms with Crippen LogP contribution in [0.25, 0.3) is 110 Å². The molecule has 10 rings (SSSR count). The summed E-state index contributed by atoms with van der Waals surface area (Å²) in [6.45, 7) is 8.72. The molecule has 2 heterocycles. The lowest BCUT2D eigenvalue weighted by atomic mass is 9.82. The highest BCUT2D eigenvalue weighted by molar-refractivity contribution is 7.15. The first kappa shape index (κ1) is 32.2. The zero-order chi connectivity index (χ0) is 36.3. The molecule has 8 aromatic carbocycles. The van der Waals surface area contributed by atoms with E-state index in [0.717, 1.165) is 44.2 Å². The minimum Gasteiger partial charge on any atom is -0.456 e.